The van der Waals surface area contributed by atoms with E-state index in [0.29, 0.717) is 22.9 Å². The fourth-order valence-electron chi connectivity index (χ4n) is 4.98. The second kappa shape index (κ2) is 10.6. The van der Waals surface area contributed by atoms with Gasteiger partial charge in [0.15, 0.2) is 0 Å². The third-order valence-corrected chi connectivity index (χ3v) is 8.75. The first-order valence-corrected chi connectivity index (χ1v) is 14.3. The minimum atomic E-state index is -3.95. The predicted molar refractivity (Wildman–Crippen MR) is 138 cm³/mol. The van der Waals surface area contributed by atoms with Crippen molar-refractivity contribution in [2.45, 2.75) is 49.5 Å². The molecule has 1 saturated carbocycles. The number of nitrogens with one attached hydrogen (secondary N) is 2. The summed E-state index contributed by atoms with van der Waals surface area (Å²) in [6.07, 6.45) is 3.13. The molecule has 0 bridgehead atoms. The normalized spacial score (nSPS) is 25.8. The minimum Gasteiger partial charge on any atom is -0.390 e. The Balaban J connectivity index is 1.36. The molecule has 2 aromatic heterocycles. The van der Waals surface area contributed by atoms with Crippen molar-refractivity contribution in [2.75, 3.05) is 19.0 Å². The first kappa shape index (κ1) is 25.9. The Hall–Kier alpha value is -2.74. The van der Waals surface area contributed by atoms with E-state index < -0.39 is 28.1 Å². The zero-order chi connectivity index (χ0) is 26.0. The molecular formula is C25H28N4O6S2. The summed E-state index contributed by atoms with van der Waals surface area (Å²) in [7, 11) is -2.71. The van der Waals surface area contributed by atoms with Gasteiger partial charge in [0.05, 0.1) is 16.5 Å². The highest BCUT2D eigenvalue weighted by atomic mass is 32.2. The van der Waals surface area contributed by atoms with E-state index in [1.165, 1.54) is 30.9 Å². The first-order chi connectivity index (χ1) is 17.8. The van der Waals surface area contributed by atoms with Crippen LogP contribution in [0.15, 0.2) is 54.3 Å². The Morgan fingerprint density at radius 2 is 2.05 bits per heavy atom. The van der Waals surface area contributed by atoms with Gasteiger partial charge in [-0.3, -0.25) is 8.98 Å². The van der Waals surface area contributed by atoms with Gasteiger partial charge in [-0.05, 0) is 48.3 Å². The number of hydrogen-bond acceptors (Lipinski definition) is 10. The van der Waals surface area contributed by atoms with E-state index in [2.05, 4.69) is 20.0 Å². The number of hydrogen-bond donors (Lipinski definition) is 3. The van der Waals surface area contributed by atoms with E-state index in [1.807, 2.05) is 41.8 Å². The second-order valence-electron chi connectivity index (χ2n) is 9.13. The summed E-state index contributed by atoms with van der Waals surface area (Å²) in [5.41, 5.74) is 1.72. The lowest BCUT2D eigenvalue weighted by Gasteiger charge is -2.28. The molecule has 196 valence electrons. The number of aliphatic hydroxyl groups is 1. The van der Waals surface area contributed by atoms with Gasteiger partial charge < -0.3 is 15.2 Å². The van der Waals surface area contributed by atoms with Crippen molar-refractivity contribution in [1.82, 2.24) is 14.7 Å². The van der Waals surface area contributed by atoms with Crippen molar-refractivity contribution in [1.29, 1.82) is 0 Å². The number of carbonyl (C=O) groups excluding carboxylic acids is 1. The summed E-state index contributed by atoms with van der Waals surface area (Å²) >= 11 is 1.35. The maximum Gasteiger partial charge on any atom is 0.335 e. The van der Waals surface area contributed by atoms with E-state index in [1.54, 1.807) is 0 Å². The van der Waals surface area contributed by atoms with Crippen LogP contribution in [-0.4, -0.2) is 61.2 Å². The average Bonchev–Trinajstić information content (AvgIpc) is 3.66. The first-order valence-electron chi connectivity index (χ1n) is 12.0. The number of thiophene rings is 1. The Morgan fingerprint density at radius 3 is 2.78 bits per heavy atom. The summed E-state index contributed by atoms with van der Waals surface area (Å²) in [6.45, 7) is 0.655. The Labute approximate surface area is 219 Å². The number of aliphatic hydroxyl groups excluding tert-OH is 1. The number of benzene rings is 1. The van der Waals surface area contributed by atoms with Gasteiger partial charge in [0.2, 0.25) is 5.78 Å². The maximum absolute atomic E-state index is 13.6. The van der Waals surface area contributed by atoms with Gasteiger partial charge in [-0.25, -0.2) is 9.97 Å². The number of carbonyl (C=O) groups is 1. The van der Waals surface area contributed by atoms with Crippen LogP contribution in [0.25, 0.3) is 0 Å². The van der Waals surface area contributed by atoms with Gasteiger partial charge in [0.25, 0.3) is 0 Å². The molecular weight excluding hydrogens is 516 g/mol. The van der Waals surface area contributed by atoms with Gasteiger partial charge in [-0.1, -0.05) is 30.3 Å². The number of ketones is 1. The number of rotatable bonds is 9. The quantitative estimate of drug-likeness (QED) is 0.347. The Kier molecular flexibility index (Phi) is 7.39. The molecule has 3 heterocycles. The van der Waals surface area contributed by atoms with Crippen molar-refractivity contribution < 1.29 is 27.2 Å². The monoisotopic (exact) mass is 544 g/mol. The van der Waals surface area contributed by atoms with Gasteiger partial charge in [-0.2, -0.15) is 13.1 Å². The molecule has 2 fully saturated rings. The molecule has 0 radical (unpaired) electrons. The van der Waals surface area contributed by atoms with Crippen LogP contribution in [0.1, 0.15) is 52.0 Å². The fourth-order valence-corrected chi connectivity index (χ4v) is 6.53. The molecule has 10 nitrogen and oxygen atoms in total. The smallest absolute Gasteiger partial charge is 0.335 e. The largest absolute Gasteiger partial charge is 0.390 e. The number of aromatic nitrogens is 2. The molecule has 0 unspecified atom stereocenters. The van der Waals surface area contributed by atoms with Crippen LogP contribution in [0, 0.1) is 0 Å². The summed E-state index contributed by atoms with van der Waals surface area (Å²) in [5.74, 6) is 0.0869. The van der Waals surface area contributed by atoms with Crippen molar-refractivity contribution in [3.8, 4) is 0 Å². The highest BCUT2D eigenvalue weighted by molar-refractivity contribution is 7.84. The molecule has 37 heavy (non-hydrogen) atoms. The lowest BCUT2D eigenvalue weighted by Crippen LogP contribution is -2.31. The van der Waals surface area contributed by atoms with Crippen LogP contribution < -0.4 is 10.0 Å². The van der Waals surface area contributed by atoms with E-state index in [9.17, 15) is 18.3 Å². The zero-order valence-corrected chi connectivity index (χ0v) is 21.8. The highest BCUT2D eigenvalue weighted by Gasteiger charge is 2.40. The molecule has 0 spiro atoms. The molecule has 1 aliphatic heterocycles. The topological polar surface area (TPSA) is 140 Å². The lowest BCUT2D eigenvalue weighted by atomic mass is 9.85. The van der Waals surface area contributed by atoms with Gasteiger partial charge in [0, 0.05) is 25.9 Å². The predicted octanol–water partition coefficient (Wildman–Crippen LogP) is 2.61. The van der Waals surface area contributed by atoms with Crippen LogP contribution in [0.5, 0.6) is 0 Å². The standard InChI is InChI=1S/C25H28N4O6S2/c1-26-37(32,33)35-21-12-18(11-20(21)30)29-24-19(13-27-15-28-24)23(31)22-10-17(14-36-22)25(8-5-9-34-25)16-6-3-2-4-7-16/h2-4,6-7,10,13-15,18,20-21,26,30H,5,8-9,11-12H2,1H3,(H,27,28,29)/t18-,20+,21-,25-/m1/s1. The van der Waals surface area contributed by atoms with Gasteiger partial charge in [-0.15, -0.1) is 11.3 Å². The maximum atomic E-state index is 13.6. The lowest BCUT2D eigenvalue weighted by molar-refractivity contribution is 0.0363. The number of ether oxygens (including phenoxy) is 1. The SMILES string of the molecule is CNS(=O)(=O)O[C@@H]1C[C@H](Nc2ncncc2C(=O)c2cc([C@]3(c4ccccc4)CCCO3)cs2)C[C@@H]1O. The molecule has 3 aromatic rings. The third kappa shape index (κ3) is 5.31. The third-order valence-electron chi connectivity index (χ3n) is 6.82. The van der Waals surface area contributed by atoms with Crippen LogP contribution in [0.2, 0.25) is 0 Å². The van der Waals surface area contributed by atoms with Crippen molar-refractivity contribution >= 4 is 33.2 Å². The average molecular weight is 545 g/mol. The van der Waals surface area contributed by atoms with Crippen molar-refractivity contribution in [3.63, 3.8) is 0 Å². The van der Waals surface area contributed by atoms with Gasteiger partial charge in [0.1, 0.15) is 23.9 Å². The van der Waals surface area contributed by atoms with E-state index >= 15 is 0 Å². The van der Waals surface area contributed by atoms with Crippen LogP contribution in [0.3, 0.4) is 0 Å². The fraction of sp³-hybridized carbons (Fsp3) is 0.400. The number of nitrogens with zero attached hydrogens (tertiary/aromatic N) is 2. The molecule has 4 atom stereocenters. The minimum absolute atomic E-state index is 0.222. The van der Waals surface area contributed by atoms with Gasteiger partial charge >= 0.3 is 10.3 Å². The molecule has 2 aliphatic rings. The van der Waals surface area contributed by atoms with Crippen LogP contribution >= 0.6 is 11.3 Å². The molecule has 1 aromatic carbocycles. The highest BCUT2D eigenvalue weighted by Crippen LogP contribution is 2.44. The summed E-state index contributed by atoms with van der Waals surface area (Å²) in [4.78, 5) is 22.4. The summed E-state index contributed by atoms with van der Waals surface area (Å²) < 4.78 is 36.8. The molecule has 1 aliphatic carbocycles. The van der Waals surface area contributed by atoms with E-state index in [0.717, 1.165) is 24.0 Å². The second-order valence-corrected chi connectivity index (χ2v) is 11.6. The zero-order valence-electron chi connectivity index (χ0n) is 20.2. The van der Waals surface area contributed by atoms with Crippen LogP contribution in [0.4, 0.5) is 5.82 Å². The molecule has 3 N–H and O–H groups in total. The molecule has 0 amide bonds. The molecule has 5 rings (SSSR count). The summed E-state index contributed by atoms with van der Waals surface area (Å²) in [5, 5.41) is 15.5. The molecule has 12 heteroatoms. The van der Waals surface area contributed by atoms with Crippen LogP contribution in [-0.2, 0) is 24.8 Å². The summed E-state index contributed by atoms with van der Waals surface area (Å²) in [6, 6.07) is 11.6. The van der Waals surface area contributed by atoms with E-state index in [-0.39, 0.29) is 24.7 Å². The van der Waals surface area contributed by atoms with Crippen molar-refractivity contribution in [3.05, 3.63) is 75.9 Å². The van der Waals surface area contributed by atoms with Crippen molar-refractivity contribution in [2.24, 2.45) is 0 Å². The van der Waals surface area contributed by atoms with E-state index in [4.69, 9.17) is 8.92 Å². The number of anilines is 1. The Morgan fingerprint density at radius 1 is 1.24 bits per heavy atom. The molecule has 1 saturated heterocycles. The Bertz CT molecular complexity index is 1360.